The first-order valence-corrected chi connectivity index (χ1v) is 7.69. The summed E-state index contributed by atoms with van der Waals surface area (Å²) >= 11 is 1.44. The lowest BCUT2D eigenvalue weighted by Crippen LogP contribution is -2.02. The molecule has 3 aromatic rings. The molecule has 1 N–H and O–H groups in total. The van der Waals surface area contributed by atoms with Gasteiger partial charge in [-0.1, -0.05) is 36.4 Å². The molecular formula is C17H13NO2S. The van der Waals surface area contributed by atoms with Crippen molar-refractivity contribution in [3.63, 3.8) is 0 Å². The zero-order valence-corrected chi connectivity index (χ0v) is 12.2. The molecule has 3 rings (SSSR count). The molecule has 0 saturated heterocycles. The average Bonchev–Trinajstić information content (AvgIpc) is 2.53. The minimum absolute atomic E-state index is 0.321. The number of rotatable bonds is 3. The van der Waals surface area contributed by atoms with E-state index in [2.05, 4.69) is 4.98 Å². The van der Waals surface area contributed by atoms with E-state index in [-0.39, 0.29) is 0 Å². The Bertz CT molecular complexity index is 816. The number of nitrogens with zero attached hydrogens (tertiary/aromatic N) is 1. The number of hydrogen-bond acceptors (Lipinski definition) is 3. The molecule has 3 nitrogen and oxygen atoms in total. The van der Waals surface area contributed by atoms with Gasteiger partial charge in [0.2, 0.25) is 0 Å². The molecule has 0 saturated carbocycles. The van der Waals surface area contributed by atoms with Crippen molar-refractivity contribution in [3.8, 4) is 11.1 Å². The average molecular weight is 295 g/mol. The van der Waals surface area contributed by atoms with E-state index < -0.39 is 5.97 Å². The van der Waals surface area contributed by atoms with Gasteiger partial charge in [-0.2, -0.15) is 0 Å². The Hall–Kier alpha value is -2.33. The van der Waals surface area contributed by atoms with E-state index in [0.717, 1.165) is 26.9 Å². The maximum absolute atomic E-state index is 11.6. The van der Waals surface area contributed by atoms with Crippen LogP contribution < -0.4 is 0 Å². The van der Waals surface area contributed by atoms with Gasteiger partial charge in [-0.3, -0.25) is 4.98 Å². The molecule has 0 radical (unpaired) electrons. The van der Waals surface area contributed by atoms with Crippen LogP contribution in [0.5, 0.6) is 0 Å². The first-order chi connectivity index (χ1) is 10.2. The van der Waals surface area contributed by atoms with Gasteiger partial charge in [0.15, 0.2) is 0 Å². The first kappa shape index (κ1) is 13.6. The summed E-state index contributed by atoms with van der Waals surface area (Å²) < 4.78 is 0. The van der Waals surface area contributed by atoms with Crippen LogP contribution in [0, 0.1) is 0 Å². The smallest absolute Gasteiger partial charge is 0.336 e. The molecule has 21 heavy (non-hydrogen) atoms. The second kappa shape index (κ2) is 5.58. The lowest BCUT2D eigenvalue weighted by atomic mass is 9.98. The van der Waals surface area contributed by atoms with Crippen molar-refractivity contribution in [2.45, 2.75) is 4.90 Å². The van der Waals surface area contributed by atoms with Crippen LogP contribution in [-0.4, -0.2) is 22.3 Å². The molecule has 0 aliphatic rings. The SMILES string of the molecule is CSc1c(C(=O)O)cc2cccnc2c1-c1ccccc1. The van der Waals surface area contributed by atoms with Gasteiger partial charge in [-0.05, 0) is 24.0 Å². The second-order valence-corrected chi connectivity index (χ2v) is 5.40. The fraction of sp³-hybridized carbons (Fsp3) is 0.0588. The lowest BCUT2D eigenvalue weighted by molar-refractivity contribution is 0.0693. The Labute approximate surface area is 126 Å². The van der Waals surface area contributed by atoms with Crippen molar-refractivity contribution in [2.24, 2.45) is 0 Å². The number of aromatic nitrogens is 1. The number of hydrogen-bond donors (Lipinski definition) is 1. The fourth-order valence-electron chi connectivity index (χ4n) is 2.45. The van der Waals surface area contributed by atoms with Crippen molar-refractivity contribution >= 4 is 28.6 Å². The van der Waals surface area contributed by atoms with Crippen LogP contribution >= 0.6 is 11.8 Å². The fourth-order valence-corrected chi connectivity index (χ4v) is 3.23. The lowest BCUT2D eigenvalue weighted by Gasteiger charge is -2.14. The summed E-state index contributed by atoms with van der Waals surface area (Å²) in [6.45, 7) is 0. The number of benzene rings is 2. The van der Waals surface area contributed by atoms with E-state index in [1.807, 2.05) is 48.7 Å². The Morgan fingerprint density at radius 1 is 1.14 bits per heavy atom. The number of aromatic carboxylic acids is 1. The highest BCUT2D eigenvalue weighted by Gasteiger charge is 2.19. The molecule has 0 fully saturated rings. The molecule has 1 aromatic heterocycles. The molecule has 104 valence electrons. The highest BCUT2D eigenvalue weighted by Crippen LogP contribution is 2.38. The van der Waals surface area contributed by atoms with Crippen LogP contribution in [0.3, 0.4) is 0 Å². The van der Waals surface area contributed by atoms with E-state index in [9.17, 15) is 9.90 Å². The molecule has 0 bridgehead atoms. The quantitative estimate of drug-likeness (QED) is 0.731. The Kier molecular flexibility index (Phi) is 3.62. The number of carboxylic acids is 1. The Balaban J connectivity index is 2.46. The zero-order valence-electron chi connectivity index (χ0n) is 11.4. The minimum Gasteiger partial charge on any atom is -0.478 e. The van der Waals surface area contributed by atoms with Crippen molar-refractivity contribution < 1.29 is 9.90 Å². The third-order valence-corrected chi connectivity index (χ3v) is 4.18. The highest BCUT2D eigenvalue weighted by atomic mass is 32.2. The van der Waals surface area contributed by atoms with Gasteiger partial charge in [-0.15, -0.1) is 11.8 Å². The van der Waals surface area contributed by atoms with Crippen molar-refractivity contribution in [2.75, 3.05) is 6.26 Å². The summed E-state index contributed by atoms with van der Waals surface area (Å²) in [4.78, 5) is 16.8. The largest absolute Gasteiger partial charge is 0.478 e. The Morgan fingerprint density at radius 2 is 1.90 bits per heavy atom. The molecule has 1 heterocycles. The van der Waals surface area contributed by atoms with E-state index in [4.69, 9.17) is 0 Å². The number of thioether (sulfide) groups is 1. The molecule has 0 unspecified atom stereocenters. The number of fused-ring (bicyclic) bond motifs is 1. The van der Waals surface area contributed by atoms with Gasteiger partial charge in [0.1, 0.15) is 0 Å². The predicted molar refractivity (Wildman–Crippen MR) is 85.9 cm³/mol. The first-order valence-electron chi connectivity index (χ1n) is 6.47. The molecule has 0 aliphatic carbocycles. The van der Waals surface area contributed by atoms with Gasteiger partial charge in [0.05, 0.1) is 11.1 Å². The molecular weight excluding hydrogens is 282 g/mol. The highest BCUT2D eigenvalue weighted by molar-refractivity contribution is 7.98. The summed E-state index contributed by atoms with van der Waals surface area (Å²) in [6, 6.07) is 15.2. The Morgan fingerprint density at radius 3 is 2.57 bits per heavy atom. The standard InChI is InChI=1S/C17H13NO2S/c1-21-16-13(17(19)20)10-12-8-5-9-18-15(12)14(16)11-6-3-2-4-7-11/h2-10H,1H3,(H,19,20). The van der Waals surface area contributed by atoms with Gasteiger partial charge in [0.25, 0.3) is 0 Å². The monoisotopic (exact) mass is 295 g/mol. The normalized spacial score (nSPS) is 10.7. The summed E-state index contributed by atoms with van der Waals surface area (Å²) in [5.74, 6) is -0.915. The minimum atomic E-state index is -0.915. The summed E-state index contributed by atoms with van der Waals surface area (Å²) in [5.41, 5.74) is 3.02. The van der Waals surface area contributed by atoms with Crippen molar-refractivity contribution in [1.29, 1.82) is 0 Å². The van der Waals surface area contributed by atoms with Crippen LogP contribution in [0.4, 0.5) is 0 Å². The van der Waals surface area contributed by atoms with Gasteiger partial charge in [0, 0.05) is 22.0 Å². The van der Waals surface area contributed by atoms with E-state index in [0.29, 0.717) is 5.56 Å². The third-order valence-electron chi connectivity index (χ3n) is 3.34. The van der Waals surface area contributed by atoms with Gasteiger partial charge >= 0.3 is 5.97 Å². The third kappa shape index (κ3) is 2.38. The number of carboxylic acid groups (broad SMARTS) is 1. The molecule has 4 heteroatoms. The van der Waals surface area contributed by atoms with E-state index in [1.54, 1.807) is 12.3 Å². The van der Waals surface area contributed by atoms with Crippen LogP contribution in [0.2, 0.25) is 0 Å². The van der Waals surface area contributed by atoms with Gasteiger partial charge < -0.3 is 5.11 Å². The van der Waals surface area contributed by atoms with Gasteiger partial charge in [-0.25, -0.2) is 4.79 Å². The number of pyridine rings is 1. The number of carbonyl (C=O) groups is 1. The second-order valence-electron chi connectivity index (χ2n) is 4.58. The predicted octanol–water partition coefficient (Wildman–Crippen LogP) is 4.32. The molecule has 2 aromatic carbocycles. The van der Waals surface area contributed by atoms with Crippen LogP contribution in [0.25, 0.3) is 22.0 Å². The van der Waals surface area contributed by atoms with Crippen molar-refractivity contribution in [3.05, 3.63) is 60.3 Å². The van der Waals surface area contributed by atoms with E-state index >= 15 is 0 Å². The maximum atomic E-state index is 11.6. The molecule has 0 spiro atoms. The molecule has 0 aliphatic heterocycles. The summed E-state index contributed by atoms with van der Waals surface area (Å²) in [6.07, 6.45) is 3.63. The van der Waals surface area contributed by atoms with Crippen LogP contribution in [0.15, 0.2) is 59.6 Å². The van der Waals surface area contributed by atoms with Crippen molar-refractivity contribution in [1.82, 2.24) is 4.98 Å². The van der Waals surface area contributed by atoms with E-state index in [1.165, 1.54) is 11.8 Å². The topological polar surface area (TPSA) is 50.2 Å². The zero-order chi connectivity index (χ0) is 14.8. The molecule has 0 amide bonds. The molecule has 0 atom stereocenters. The summed E-state index contributed by atoms with van der Waals surface area (Å²) in [7, 11) is 0. The summed E-state index contributed by atoms with van der Waals surface area (Å²) in [5, 5.41) is 10.3. The van der Waals surface area contributed by atoms with Crippen LogP contribution in [-0.2, 0) is 0 Å². The van der Waals surface area contributed by atoms with Crippen LogP contribution in [0.1, 0.15) is 10.4 Å². The maximum Gasteiger partial charge on any atom is 0.336 e.